The maximum absolute atomic E-state index is 10.9. The molecule has 0 bridgehead atoms. The molecule has 0 saturated carbocycles. The van der Waals surface area contributed by atoms with Crippen molar-refractivity contribution >= 4 is 28.8 Å². The van der Waals surface area contributed by atoms with Crippen LogP contribution in [0.1, 0.15) is 18.1 Å². The number of benzene rings is 1. The highest BCUT2D eigenvalue weighted by molar-refractivity contribution is 7.80. The standard InChI is InChI=1S/C10H12N2OS/c1-6-3-4-8(10(11)14)5-9(6)12-7(2)13/h3-5H,1-2H3,(H2,11,14)(H,12,13). The third kappa shape index (κ3) is 2.53. The maximum atomic E-state index is 10.9. The summed E-state index contributed by atoms with van der Waals surface area (Å²) >= 11 is 4.84. The highest BCUT2D eigenvalue weighted by atomic mass is 32.1. The lowest BCUT2D eigenvalue weighted by atomic mass is 10.1. The van der Waals surface area contributed by atoms with Crippen molar-refractivity contribution in [3.63, 3.8) is 0 Å². The summed E-state index contributed by atoms with van der Waals surface area (Å²) in [6.07, 6.45) is 0. The van der Waals surface area contributed by atoms with Crippen LogP contribution < -0.4 is 11.1 Å². The third-order valence-corrected chi connectivity index (χ3v) is 2.07. The van der Waals surface area contributed by atoms with Gasteiger partial charge in [-0.05, 0) is 18.6 Å². The normalized spacial score (nSPS) is 9.57. The molecule has 1 aromatic carbocycles. The van der Waals surface area contributed by atoms with Gasteiger partial charge < -0.3 is 11.1 Å². The number of thiocarbonyl (C=S) groups is 1. The van der Waals surface area contributed by atoms with Gasteiger partial charge in [0.2, 0.25) is 5.91 Å². The molecule has 4 heteroatoms. The Morgan fingerprint density at radius 2 is 2.14 bits per heavy atom. The fourth-order valence-electron chi connectivity index (χ4n) is 1.10. The van der Waals surface area contributed by atoms with Gasteiger partial charge in [-0.15, -0.1) is 0 Å². The van der Waals surface area contributed by atoms with Crippen LogP contribution in [0.25, 0.3) is 0 Å². The second-order valence-corrected chi connectivity index (χ2v) is 3.51. The van der Waals surface area contributed by atoms with E-state index in [-0.39, 0.29) is 5.91 Å². The monoisotopic (exact) mass is 208 g/mol. The summed E-state index contributed by atoms with van der Waals surface area (Å²) in [5, 5.41) is 2.71. The summed E-state index contributed by atoms with van der Waals surface area (Å²) in [5.41, 5.74) is 7.98. The lowest BCUT2D eigenvalue weighted by Gasteiger charge is -2.08. The van der Waals surface area contributed by atoms with Crippen molar-refractivity contribution in [3.8, 4) is 0 Å². The summed E-state index contributed by atoms with van der Waals surface area (Å²) in [6.45, 7) is 3.38. The van der Waals surface area contributed by atoms with Crippen LogP contribution in [0.5, 0.6) is 0 Å². The van der Waals surface area contributed by atoms with Gasteiger partial charge in [-0.25, -0.2) is 0 Å². The van der Waals surface area contributed by atoms with Crippen LogP contribution in [-0.2, 0) is 4.79 Å². The zero-order chi connectivity index (χ0) is 10.7. The van der Waals surface area contributed by atoms with E-state index in [9.17, 15) is 4.79 Å². The van der Waals surface area contributed by atoms with Gasteiger partial charge >= 0.3 is 0 Å². The Kier molecular flexibility index (Phi) is 3.19. The molecule has 0 unspecified atom stereocenters. The maximum Gasteiger partial charge on any atom is 0.221 e. The number of nitrogens with one attached hydrogen (secondary N) is 1. The Labute approximate surface area is 88.3 Å². The average molecular weight is 208 g/mol. The van der Waals surface area contributed by atoms with E-state index in [0.717, 1.165) is 16.8 Å². The fraction of sp³-hybridized carbons (Fsp3) is 0.200. The Hall–Kier alpha value is -1.42. The molecule has 0 fully saturated rings. The first-order chi connectivity index (χ1) is 6.50. The first-order valence-electron chi connectivity index (χ1n) is 4.18. The first kappa shape index (κ1) is 10.7. The Bertz CT molecular complexity index is 388. The predicted octanol–water partition coefficient (Wildman–Crippen LogP) is 1.59. The molecule has 1 amide bonds. The number of aryl methyl sites for hydroxylation is 1. The van der Waals surface area contributed by atoms with E-state index in [2.05, 4.69) is 5.32 Å². The quantitative estimate of drug-likeness (QED) is 0.726. The van der Waals surface area contributed by atoms with Crippen LogP contribution in [0.2, 0.25) is 0 Å². The van der Waals surface area contributed by atoms with Crippen molar-refractivity contribution in [2.24, 2.45) is 5.73 Å². The molecule has 0 aliphatic rings. The Morgan fingerprint density at radius 3 is 2.64 bits per heavy atom. The highest BCUT2D eigenvalue weighted by Crippen LogP contribution is 2.16. The number of hydrogen-bond donors (Lipinski definition) is 2. The van der Waals surface area contributed by atoms with Crippen molar-refractivity contribution in [2.45, 2.75) is 13.8 Å². The minimum atomic E-state index is -0.104. The number of nitrogens with two attached hydrogens (primary N) is 1. The minimum Gasteiger partial charge on any atom is -0.389 e. The van der Waals surface area contributed by atoms with E-state index in [4.69, 9.17) is 18.0 Å². The van der Waals surface area contributed by atoms with Gasteiger partial charge in [-0.2, -0.15) is 0 Å². The van der Waals surface area contributed by atoms with Crippen LogP contribution in [0.3, 0.4) is 0 Å². The molecule has 3 N–H and O–H groups in total. The molecule has 14 heavy (non-hydrogen) atoms. The highest BCUT2D eigenvalue weighted by Gasteiger charge is 2.03. The van der Waals surface area contributed by atoms with Crippen LogP contribution >= 0.6 is 12.2 Å². The summed E-state index contributed by atoms with van der Waals surface area (Å²) in [5.74, 6) is -0.104. The van der Waals surface area contributed by atoms with Gasteiger partial charge in [-0.3, -0.25) is 4.79 Å². The van der Waals surface area contributed by atoms with E-state index in [1.807, 2.05) is 19.1 Å². The minimum absolute atomic E-state index is 0.104. The van der Waals surface area contributed by atoms with E-state index >= 15 is 0 Å². The van der Waals surface area contributed by atoms with Crippen molar-refractivity contribution in [2.75, 3.05) is 5.32 Å². The van der Waals surface area contributed by atoms with Crippen molar-refractivity contribution in [1.29, 1.82) is 0 Å². The first-order valence-corrected chi connectivity index (χ1v) is 4.59. The average Bonchev–Trinajstić information content (AvgIpc) is 2.07. The Balaban J connectivity index is 3.08. The number of carbonyl (C=O) groups is 1. The molecule has 0 aromatic heterocycles. The van der Waals surface area contributed by atoms with E-state index in [1.54, 1.807) is 6.07 Å². The van der Waals surface area contributed by atoms with Gasteiger partial charge in [0.15, 0.2) is 0 Å². The van der Waals surface area contributed by atoms with Gasteiger partial charge in [0, 0.05) is 18.2 Å². The number of carbonyl (C=O) groups excluding carboxylic acids is 1. The van der Waals surface area contributed by atoms with Crippen LogP contribution in [0, 0.1) is 6.92 Å². The summed E-state index contributed by atoms with van der Waals surface area (Å²) < 4.78 is 0. The van der Waals surface area contributed by atoms with Gasteiger partial charge in [0.1, 0.15) is 4.99 Å². The third-order valence-electron chi connectivity index (χ3n) is 1.83. The molecular formula is C10H12N2OS. The number of hydrogen-bond acceptors (Lipinski definition) is 2. The predicted molar refractivity (Wildman–Crippen MR) is 61.4 cm³/mol. The van der Waals surface area contributed by atoms with E-state index < -0.39 is 0 Å². The molecule has 0 spiro atoms. The lowest BCUT2D eigenvalue weighted by molar-refractivity contribution is -0.114. The number of amides is 1. The molecule has 0 heterocycles. The molecule has 3 nitrogen and oxygen atoms in total. The second-order valence-electron chi connectivity index (χ2n) is 3.08. The van der Waals surface area contributed by atoms with Gasteiger partial charge in [-0.1, -0.05) is 24.4 Å². The van der Waals surface area contributed by atoms with Crippen molar-refractivity contribution in [3.05, 3.63) is 29.3 Å². The Morgan fingerprint density at radius 1 is 1.50 bits per heavy atom. The molecular weight excluding hydrogens is 196 g/mol. The topological polar surface area (TPSA) is 55.1 Å². The zero-order valence-corrected chi connectivity index (χ0v) is 8.94. The van der Waals surface area contributed by atoms with Crippen LogP contribution in [0.15, 0.2) is 18.2 Å². The molecule has 0 atom stereocenters. The summed E-state index contributed by atoms with van der Waals surface area (Å²) in [6, 6.07) is 5.49. The van der Waals surface area contributed by atoms with E-state index in [0.29, 0.717) is 4.99 Å². The summed E-state index contributed by atoms with van der Waals surface area (Å²) in [4.78, 5) is 11.2. The SMILES string of the molecule is CC(=O)Nc1cc(C(N)=S)ccc1C. The van der Waals surface area contributed by atoms with Gasteiger partial charge in [0.05, 0.1) is 0 Å². The molecule has 0 radical (unpaired) electrons. The molecule has 0 aliphatic carbocycles. The zero-order valence-electron chi connectivity index (χ0n) is 8.13. The van der Waals surface area contributed by atoms with Crippen LogP contribution in [0.4, 0.5) is 5.69 Å². The number of rotatable bonds is 2. The number of anilines is 1. The molecule has 0 saturated heterocycles. The molecule has 0 aliphatic heterocycles. The van der Waals surface area contributed by atoms with E-state index in [1.165, 1.54) is 6.92 Å². The van der Waals surface area contributed by atoms with Crippen molar-refractivity contribution in [1.82, 2.24) is 0 Å². The lowest BCUT2D eigenvalue weighted by Crippen LogP contribution is -2.12. The summed E-state index contributed by atoms with van der Waals surface area (Å²) in [7, 11) is 0. The largest absolute Gasteiger partial charge is 0.389 e. The fourth-order valence-corrected chi connectivity index (χ4v) is 1.23. The van der Waals surface area contributed by atoms with Gasteiger partial charge in [0.25, 0.3) is 0 Å². The smallest absolute Gasteiger partial charge is 0.221 e. The molecule has 74 valence electrons. The second kappa shape index (κ2) is 4.19. The van der Waals surface area contributed by atoms with Crippen LogP contribution in [-0.4, -0.2) is 10.9 Å². The van der Waals surface area contributed by atoms with Crippen molar-refractivity contribution < 1.29 is 4.79 Å². The molecule has 1 aromatic rings. The molecule has 1 rings (SSSR count).